The number of imidazole rings is 1. The summed E-state index contributed by atoms with van der Waals surface area (Å²) in [7, 11) is 0. The number of aromatic nitrogens is 2. The molecule has 4 nitrogen and oxygen atoms in total. The Morgan fingerprint density at radius 3 is 2.23 bits per heavy atom. The molecule has 0 bridgehead atoms. The van der Waals surface area contributed by atoms with Gasteiger partial charge in [0.1, 0.15) is 11.3 Å². The van der Waals surface area contributed by atoms with Gasteiger partial charge in [0, 0.05) is 11.8 Å². The van der Waals surface area contributed by atoms with Gasteiger partial charge in [-0.1, -0.05) is 54.6 Å². The highest BCUT2D eigenvalue weighted by atomic mass is 15.2. The van der Waals surface area contributed by atoms with Crippen LogP contribution in [0.1, 0.15) is 16.7 Å². The molecule has 0 saturated carbocycles. The third-order valence-electron chi connectivity index (χ3n) is 4.47. The predicted octanol–water partition coefficient (Wildman–Crippen LogP) is 6.34. The monoisotopic (exact) mass is 340 g/mol. The average Bonchev–Trinajstić information content (AvgIpc) is 3.00. The number of azo groups is 1. The third-order valence-corrected chi connectivity index (χ3v) is 4.47. The second-order valence-corrected chi connectivity index (χ2v) is 6.53. The molecule has 2 aromatic heterocycles. The number of hydrogen-bond acceptors (Lipinski definition) is 3. The van der Waals surface area contributed by atoms with E-state index in [1.807, 2.05) is 53.1 Å². The summed E-state index contributed by atoms with van der Waals surface area (Å²) in [5.41, 5.74) is 7.02. The third kappa shape index (κ3) is 2.90. The standard InChI is InChI=1S/C22H20N4/c1-15-12-13-19-23-21(18-10-5-4-6-11-18)22(26(19)14-15)25-24-20-16(2)8-7-9-17(20)3/h4-14H,1-3H3. The van der Waals surface area contributed by atoms with Crippen molar-refractivity contribution >= 4 is 17.2 Å². The Hall–Kier alpha value is -3.27. The highest BCUT2D eigenvalue weighted by molar-refractivity contribution is 5.74. The van der Waals surface area contributed by atoms with Crippen LogP contribution in [0.15, 0.2) is 77.1 Å². The molecule has 2 aromatic carbocycles. The minimum absolute atomic E-state index is 0.748. The van der Waals surface area contributed by atoms with Crippen molar-refractivity contribution in [3.63, 3.8) is 0 Å². The minimum atomic E-state index is 0.748. The molecule has 2 heterocycles. The lowest BCUT2D eigenvalue weighted by Crippen LogP contribution is -1.85. The number of pyridine rings is 1. The summed E-state index contributed by atoms with van der Waals surface area (Å²) >= 11 is 0. The second kappa shape index (κ2) is 6.56. The van der Waals surface area contributed by atoms with Crippen LogP contribution in [0.5, 0.6) is 0 Å². The van der Waals surface area contributed by atoms with E-state index < -0.39 is 0 Å². The van der Waals surface area contributed by atoms with Crippen molar-refractivity contribution < 1.29 is 0 Å². The SMILES string of the molecule is Cc1ccc2nc(-c3ccccc3)c(N=Nc3c(C)cccc3C)n2c1. The first-order valence-electron chi connectivity index (χ1n) is 8.65. The Labute approximate surface area is 152 Å². The van der Waals surface area contributed by atoms with E-state index in [9.17, 15) is 0 Å². The van der Waals surface area contributed by atoms with E-state index in [1.165, 1.54) is 0 Å². The largest absolute Gasteiger partial charge is 0.282 e. The molecule has 0 saturated heterocycles. The molecule has 4 heteroatoms. The normalized spacial score (nSPS) is 11.5. The maximum atomic E-state index is 4.79. The van der Waals surface area contributed by atoms with Crippen molar-refractivity contribution in [2.75, 3.05) is 0 Å². The summed E-state index contributed by atoms with van der Waals surface area (Å²) in [4.78, 5) is 4.79. The van der Waals surface area contributed by atoms with Crippen molar-refractivity contribution in [1.29, 1.82) is 0 Å². The number of aryl methyl sites for hydroxylation is 3. The van der Waals surface area contributed by atoms with Crippen LogP contribution in [0.3, 0.4) is 0 Å². The molecule has 0 aliphatic carbocycles. The van der Waals surface area contributed by atoms with E-state index in [1.54, 1.807) is 0 Å². The Bertz CT molecular complexity index is 1090. The lowest BCUT2D eigenvalue weighted by molar-refractivity contribution is 1.08. The number of nitrogens with zero attached hydrogens (tertiary/aromatic N) is 4. The zero-order chi connectivity index (χ0) is 18.1. The van der Waals surface area contributed by atoms with Crippen molar-refractivity contribution in [3.05, 3.63) is 83.6 Å². The Kier molecular flexibility index (Phi) is 4.09. The summed E-state index contributed by atoms with van der Waals surface area (Å²) in [6.45, 7) is 6.17. The van der Waals surface area contributed by atoms with Gasteiger partial charge < -0.3 is 0 Å². The molecule has 128 valence electrons. The molecule has 26 heavy (non-hydrogen) atoms. The van der Waals surface area contributed by atoms with Gasteiger partial charge in [-0.25, -0.2) is 4.98 Å². The highest BCUT2D eigenvalue weighted by Gasteiger charge is 2.14. The topological polar surface area (TPSA) is 42.0 Å². The summed E-state index contributed by atoms with van der Waals surface area (Å²) < 4.78 is 2.01. The Balaban J connectivity index is 1.92. The highest BCUT2D eigenvalue weighted by Crippen LogP contribution is 2.33. The second-order valence-electron chi connectivity index (χ2n) is 6.53. The number of rotatable bonds is 3. The first-order chi connectivity index (χ1) is 12.6. The lowest BCUT2D eigenvalue weighted by Gasteiger charge is -2.04. The van der Waals surface area contributed by atoms with Gasteiger partial charge in [-0.15, -0.1) is 10.2 Å². The fourth-order valence-corrected chi connectivity index (χ4v) is 3.08. The van der Waals surface area contributed by atoms with Crippen LogP contribution in [0.25, 0.3) is 16.9 Å². The summed E-state index contributed by atoms with van der Waals surface area (Å²) in [5, 5.41) is 9.21. The molecule has 0 spiro atoms. The zero-order valence-corrected chi connectivity index (χ0v) is 15.1. The first-order valence-corrected chi connectivity index (χ1v) is 8.65. The quantitative estimate of drug-likeness (QED) is 0.401. The zero-order valence-electron chi connectivity index (χ0n) is 15.1. The van der Waals surface area contributed by atoms with Crippen LogP contribution in [-0.4, -0.2) is 9.38 Å². The van der Waals surface area contributed by atoms with Crippen LogP contribution in [0.4, 0.5) is 11.5 Å². The van der Waals surface area contributed by atoms with Crippen molar-refractivity contribution in [2.24, 2.45) is 10.2 Å². The lowest BCUT2D eigenvalue weighted by atomic mass is 10.1. The minimum Gasteiger partial charge on any atom is -0.282 e. The van der Waals surface area contributed by atoms with Crippen LogP contribution < -0.4 is 0 Å². The van der Waals surface area contributed by atoms with E-state index in [0.717, 1.165) is 45.1 Å². The van der Waals surface area contributed by atoms with Gasteiger partial charge >= 0.3 is 0 Å². The van der Waals surface area contributed by atoms with E-state index >= 15 is 0 Å². The number of hydrogen-bond donors (Lipinski definition) is 0. The van der Waals surface area contributed by atoms with E-state index in [4.69, 9.17) is 4.98 Å². The molecule has 0 amide bonds. The Morgan fingerprint density at radius 1 is 0.769 bits per heavy atom. The van der Waals surface area contributed by atoms with E-state index in [0.29, 0.717) is 0 Å². The van der Waals surface area contributed by atoms with Gasteiger partial charge in [0.15, 0.2) is 5.82 Å². The molecular formula is C22H20N4. The fraction of sp³-hybridized carbons (Fsp3) is 0.136. The molecule has 4 rings (SSSR count). The maximum absolute atomic E-state index is 4.79. The molecular weight excluding hydrogens is 320 g/mol. The van der Waals surface area contributed by atoms with Crippen molar-refractivity contribution in [1.82, 2.24) is 9.38 Å². The molecule has 0 radical (unpaired) electrons. The van der Waals surface area contributed by atoms with Crippen LogP contribution in [0.2, 0.25) is 0 Å². The van der Waals surface area contributed by atoms with Gasteiger partial charge in [-0.3, -0.25) is 4.40 Å². The molecule has 0 unspecified atom stereocenters. The van der Waals surface area contributed by atoms with Gasteiger partial charge in [0.2, 0.25) is 0 Å². The molecule has 0 atom stereocenters. The maximum Gasteiger partial charge on any atom is 0.187 e. The number of benzene rings is 2. The summed E-state index contributed by atoms with van der Waals surface area (Å²) in [6, 6.07) is 20.3. The summed E-state index contributed by atoms with van der Waals surface area (Å²) in [6.07, 6.45) is 2.05. The first kappa shape index (κ1) is 16.2. The molecule has 0 aliphatic heterocycles. The van der Waals surface area contributed by atoms with Crippen molar-refractivity contribution in [2.45, 2.75) is 20.8 Å². The van der Waals surface area contributed by atoms with Gasteiger partial charge in [0.25, 0.3) is 0 Å². The fourth-order valence-electron chi connectivity index (χ4n) is 3.08. The van der Waals surface area contributed by atoms with Crippen LogP contribution in [0, 0.1) is 20.8 Å². The van der Waals surface area contributed by atoms with Crippen LogP contribution >= 0.6 is 0 Å². The van der Waals surface area contributed by atoms with Gasteiger partial charge in [0.05, 0.1) is 5.69 Å². The smallest absolute Gasteiger partial charge is 0.187 e. The predicted molar refractivity (Wildman–Crippen MR) is 105 cm³/mol. The van der Waals surface area contributed by atoms with Crippen LogP contribution in [-0.2, 0) is 0 Å². The summed E-state index contributed by atoms with van der Waals surface area (Å²) in [5.74, 6) is 0.748. The average molecular weight is 340 g/mol. The van der Waals surface area contributed by atoms with Gasteiger partial charge in [-0.05, 0) is 43.5 Å². The number of fused-ring (bicyclic) bond motifs is 1. The molecule has 0 aliphatic rings. The Morgan fingerprint density at radius 2 is 1.50 bits per heavy atom. The molecule has 0 fully saturated rings. The van der Waals surface area contributed by atoms with Crippen molar-refractivity contribution in [3.8, 4) is 11.3 Å². The molecule has 0 N–H and O–H groups in total. The van der Waals surface area contributed by atoms with E-state index in [-0.39, 0.29) is 0 Å². The van der Waals surface area contributed by atoms with E-state index in [2.05, 4.69) is 49.2 Å². The molecule has 4 aromatic rings. The van der Waals surface area contributed by atoms with Gasteiger partial charge in [-0.2, -0.15) is 0 Å².